The van der Waals surface area contributed by atoms with Gasteiger partial charge in [-0.1, -0.05) is 0 Å². The smallest absolute Gasteiger partial charge is 0.366 e. The quantitative estimate of drug-likeness (QED) is 0.646. The van der Waals surface area contributed by atoms with Gasteiger partial charge in [0.15, 0.2) is 0 Å². The summed E-state index contributed by atoms with van der Waals surface area (Å²) in [6, 6.07) is 2.93. The molecule has 0 spiro atoms. The summed E-state index contributed by atoms with van der Waals surface area (Å²) in [5.41, 5.74) is 2.75. The Kier molecular flexibility index (Phi) is 5.25. The summed E-state index contributed by atoms with van der Waals surface area (Å²) in [7, 11) is 1.84. The number of fused-ring (bicyclic) bond motifs is 1. The van der Waals surface area contributed by atoms with E-state index in [0.29, 0.717) is 29.3 Å². The molecule has 3 aromatic rings. The minimum atomic E-state index is -4.43. The van der Waals surface area contributed by atoms with E-state index in [9.17, 15) is 18.0 Å². The Morgan fingerprint density at radius 2 is 2.00 bits per heavy atom. The zero-order valence-corrected chi connectivity index (χ0v) is 16.9. The molecule has 31 heavy (non-hydrogen) atoms. The SMILES string of the molecule is Cc1nc(NCc2cnn(Cc3cncc(C(F)(F)F)c3)c2)cc2c1NC(=O)CN2C. The molecular weight excluding hydrogens is 411 g/mol. The number of halogens is 3. The van der Waals surface area contributed by atoms with Crippen molar-refractivity contribution in [1.29, 1.82) is 0 Å². The van der Waals surface area contributed by atoms with Crippen LogP contribution in [0, 0.1) is 6.92 Å². The predicted molar refractivity (Wildman–Crippen MR) is 109 cm³/mol. The number of anilines is 3. The zero-order chi connectivity index (χ0) is 22.2. The van der Waals surface area contributed by atoms with Crippen molar-refractivity contribution < 1.29 is 18.0 Å². The lowest BCUT2D eigenvalue weighted by molar-refractivity contribution is -0.137. The molecule has 0 radical (unpaired) electrons. The fourth-order valence-corrected chi connectivity index (χ4v) is 3.37. The number of amides is 1. The van der Waals surface area contributed by atoms with E-state index in [0.717, 1.165) is 23.5 Å². The summed E-state index contributed by atoms with van der Waals surface area (Å²) < 4.78 is 40.1. The first kappa shape index (κ1) is 20.6. The molecule has 0 unspecified atom stereocenters. The van der Waals surface area contributed by atoms with E-state index in [1.165, 1.54) is 6.20 Å². The highest BCUT2D eigenvalue weighted by molar-refractivity contribution is 6.02. The van der Waals surface area contributed by atoms with Crippen LogP contribution in [-0.2, 0) is 24.1 Å². The molecule has 4 rings (SSSR count). The van der Waals surface area contributed by atoms with Gasteiger partial charge in [0.05, 0.1) is 41.9 Å². The van der Waals surface area contributed by atoms with Gasteiger partial charge in [0.25, 0.3) is 0 Å². The van der Waals surface area contributed by atoms with Crippen LogP contribution >= 0.6 is 0 Å². The molecule has 3 aromatic heterocycles. The first-order valence-electron chi connectivity index (χ1n) is 9.48. The Hall–Kier alpha value is -3.63. The molecule has 0 saturated heterocycles. The Morgan fingerprint density at radius 1 is 1.19 bits per heavy atom. The van der Waals surface area contributed by atoms with Gasteiger partial charge in [0.1, 0.15) is 5.82 Å². The lowest BCUT2D eigenvalue weighted by Gasteiger charge is -2.28. The minimum absolute atomic E-state index is 0.0796. The molecule has 162 valence electrons. The van der Waals surface area contributed by atoms with E-state index in [1.54, 1.807) is 17.1 Å². The third kappa shape index (κ3) is 4.60. The van der Waals surface area contributed by atoms with Gasteiger partial charge in [0.2, 0.25) is 5.91 Å². The third-order valence-electron chi connectivity index (χ3n) is 4.86. The van der Waals surface area contributed by atoms with Crippen molar-refractivity contribution in [2.45, 2.75) is 26.2 Å². The first-order chi connectivity index (χ1) is 14.7. The minimum Gasteiger partial charge on any atom is -0.366 e. The summed E-state index contributed by atoms with van der Waals surface area (Å²) in [6.07, 6.45) is 1.16. The maximum absolute atomic E-state index is 12.8. The fraction of sp³-hybridized carbons (Fsp3) is 0.300. The molecule has 0 aliphatic carbocycles. The molecular formula is C20H20F3N7O. The summed E-state index contributed by atoms with van der Waals surface area (Å²) in [5, 5.41) is 10.3. The van der Waals surface area contributed by atoms with Crippen molar-refractivity contribution in [1.82, 2.24) is 19.7 Å². The molecule has 0 bridgehead atoms. The summed E-state index contributed by atoms with van der Waals surface area (Å²) >= 11 is 0. The van der Waals surface area contributed by atoms with Crippen LogP contribution in [0.2, 0.25) is 0 Å². The van der Waals surface area contributed by atoms with Crippen LogP contribution in [0.1, 0.15) is 22.4 Å². The number of alkyl halides is 3. The molecule has 1 amide bonds. The lowest BCUT2D eigenvalue weighted by Crippen LogP contribution is -2.36. The van der Waals surface area contributed by atoms with Gasteiger partial charge >= 0.3 is 6.18 Å². The summed E-state index contributed by atoms with van der Waals surface area (Å²) in [5.74, 6) is 0.568. The van der Waals surface area contributed by atoms with Gasteiger partial charge in [-0.25, -0.2) is 4.98 Å². The molecule has 1 aliphatic rings. The molecule has 4 heterocycles. The molecule has 0 atom stereocenters. The Morgan fingerprint density at radius 3 is 2.77 bits per heavy atom. The van der Waals surface area contributed by atoms with Gasteiger partial charge in [-0.15, -0.1) is 0 Å². The Bertz CT molecular complexity index is 1130. The number of hydrogen-bond acceptors (Lipinski definition) is 6. The number of carbonyl (C=O) groups is 1. The number of pyridine rings is 2. The maximum atomic E-state index is 12.8. The second kappa shape index (κ2) is 7.89. The number of hydrogen-bond donors (Lipinski definition) is 2. The van der Waals surface area contributed by atoms with Gasteiger partial charge in [-0.2, -0.15) is 18.3 Å². The fourth-order valence-electron chi connectivity index (χ4n) is 3.37. The molecule has 8 nitrogen and oxygen atoms in total. The number of aromatic nitrogens is 4. The molecule has 0 aromatic carbocycles. The van der Waals surface area contributed by atoms with Crippen LogP contribution in [-0.4, -0.2) is 39.2 Å². The highest BCUT2D eigenvalue weighted by atomic mass is 19.4. The normalized spacial score (nSPS) is 13.7. The van der Waals surface area contributed by atoms with Crippen molar-refractivity contribution in [3.63, 3.8) is 0 Å². The Labute approximate surface area is 176 Å². The monoisotopic (exact) mass is 431 g/mol. The van der Waals surface area contributed by atoms with Crippen molar-refractivity contribution in [2.75, 3.05) is 29.1 Å². The number of rotatable bonds is 5. The van der Waals surface area contributed by atoms with Crippen LogP contribution in [0.25, 0.3) is 0 Å². The lowest BCUT2D eigenvalue weighted by atomic mass is 10.2. The van der Waals surface area contributed by atoms with E-state index in [1.807, 2.05) is 24.9 Å². The van der Waals surface area contributed by atoms with Crippen molar-refractivity contribution in [3.05, 3.63) is 59.3 Å². The van der Waals surface area contributed by atoms with Crippen molar-refractivity contribution >= 4 is 23.1 Å². The predicted octanol–water partition coefficient (Wildman–Crippen LogP) is 3.05. The van der Waals surface area contributed by atoms with E-state index in [-0.39, 0.29) is 19.0 Å². The number of carbonyl (C=O) groups excluding carboxylic acids is 1. The van der Waals surface area contributed by atoms with E-state index >= 15 is 0 Å². The Balaban J connectivity index is 1.43. The van der Waals surface area contributed by atoms with E-state index < -0.39 is 11.7 Å². The van der Waals surface area contributed by atoms with Gasteiger partial charge < -0.3 is 15.5 Å². The van der Waals surface area contributed by atoms with Crippen LogP contribution in [0.4, 0.5) is 30.4 Å². The number of nitrogens with zero attached hydrogens (tertiary/aromatic N) is 5. The maximum Gasteiger partial charge on any atom is 0.417 e. The topological polar surface area (TPSA) is 88.0 Å². The van der Waals surface area contributed by atoms with Crippen molar-refractivity contribution in [3.8, 4) is 0 Å². The molecule has 11 heteroatoms. The first-order valence-corrected chi connectivity index (χ1v) is 9.48. The van der Waals surface area contributed by atoms with E-state index in [4.69, 9.17) is 0 Å². The van der Waals surface area contributed by atoms with Crippen LogP contribution in [0.5, 0.6) is 0 Å². The molecule has 0 fully saturated rings. The largest absolute Gasteiger partial charge is 0.417 e. The average molecular weight is 431 g/mol. The highest BCUT2D eigenvalue weighted by Gasteiger charge is 2.31. The average Bonchev–Trinajstić information content (AvgIpc) is 3.14. The number of aryl methyl sites for hydroxylation is 1. The standard InChI is InChI=1S/C20H20F3N7O/c1-12-19-16(29(2)11-18(31)28-19)4-17(27-12)25-6-14-7-26-30(10-14)9-13-3-15(8-24-5-13)20(21,22)23/h3-5,7-8,10H,6,9,11H2,1-2H3,(H,25,27)(H,28,31). The third-order valence-corrected chi connectivity index (χ3v) is 4.86. The second-order valence-corrected chi connectivity index (χ2v) is 7.37. The number of nitrogens with one attached hydrogen (secondary N) is 2. The highest BCUT2D eigenvalue weighted by Crippen LogP contribution is 2.33. The molecule has 0 saturated carbocycles. The van der Waals surface area contributed by atoms with Crippen LogP contribution < -0.4 is 15.5 Å². The van der Waals surface area contributed by atoms with Crippen LogP contribution in [0.3, 0.4) is 0 Å². The second-order valence-electron chi connectivity index (χ2n) is 7.37. The van der Waals surface area contributed by atoms with Gasteiger partial charge in [0, 0.05) is 43.8 Å². The summed E-state index contributed by atoms with van der Waals surface area (Å²) in [4.78, 5) is 21.7. The van der Waals surface area contributed by atoms with Gasteiger partial charge in [-0.3, -0.25) is 14.5 Å². The molecule has 2 N–H and O–H groups in total. The number of likely N-dealkylation sites (N-methyl/N-ethyl adjacent to an activating group) is 1. The zero-order valence-electron chi connectivity index (χ0n) is 16.9. The van der Waals surface area contributed by atoms with E-state index in [2.05, 4.69) is 25.7 Å². The molecule has 1 aliphatic heterocycles. The summed E-state index contributed by atoms with van der Waals surface area (Å²) in [6.45, 7) is 2.71. The van der Waals surface area contributed by atoms with Crippen molar-refractivity contribution in [2.24, 2.45) is 0 Å². The van der Waals surface area contributed by atoms with Crippen LogP contribution in [0.15, 0.2) is 36.9 Å². The van der Waals surface area contributed by atoms with Gasteiger partial charge in [-0.05, 0) is 18.6 Å².